The zero-order valence-corrected chi connectivity index (χ0v) is 12.9. The highest BCUT2D eigenvalue weighted by Crippen LogP contribution is 2.30. The topological polar surface area (TPSA) is 49.3 Å². The average Bonchev–Trinajstić information content (AvgIpc) is 2.41. The fraction of sp³-hybridized carbons (Fsp3) is 0.278. The van der Waals surface area contributed by atoms with Crippen molar-refractivity contribution in [1.82, 2.24) is 0 Å². The first-order chi connectivity index (χ1) is 9.80. The lowest BCUT2D eigenvalue weighted by molar-refractivity contribution is 0.102. The van der Waals surface area contributed by atoms with E-state index in [0.717, 1.165) is 11.3 Å². The van der Waals surface area contributed by atoms with Crippen molar-refractivity contribution in [2.75, 3.05) is 5.32 Å². The number of hydrogen-bond acceptors (Lipinski definition) is 2. The Bertz CT molecular complexity index is 669. The van der Waals surface area contributed by atoms with Gasteiger partial charge < -0.3 is 10.4 Å². The van der Waals surface area contributed by atoms with E-state index in [4.69, 9.17) is 0 Å². The van der Waals surface area contributed by atoms with Crippen molar-refractivity contribution in [2.45, 2.75) is 33.1 Å². The Hall–Kier alpha value is -2.29. The Morgan fingerprint density at radius 3 is 2.38 bits per heavy atom. The van der Waals surface area contributed by atoms with Crippen molar-refractivity contribution in [3.8, 4) is 5.75 Å². The van der Waals surface area contributed by atoms with Gasteiger partial charge in [-0.2, -0.15) is 0 Å². The van der Waals surface area contributed by atoms with Crippen LogP contribution in [0.25, 0.3) is 0 Å². The van der Waals surface area contributed by atoms with E-state index in [1.807, 2.05) is 24.3 Å². The summed E-state index contributed by atoms with van der Waals surface area (Å²) in [6.45, 7) is 8.06. The third kappa shape index (κ3) is 3.24. The molecule has 2 N–H and O–H groups in total. The molecule has 0 aliphatic rings. The van der Waals surface area contributed by atoms with Crippen molar-refractivity contribution < 1.29 is 9.90 Å². The maximum Gasteiger partial charge on any atom is 0.256 e. The molecule has 2 rings (SSSR count). The molecule has 21 heavy (non-hydrogen) atoms. The van der Waals surface area contributed by atoms with Crippen molar-refractivity contribution in [1.29, 1.82) is 0 Å². The number of para-hydroxylation sites is 1. The van der Waals surface area contributed by atoms with E-state index in [1.54, 1.807) is 25.1 Å². The van der Waals surface area contributed by atoms with Gasteiger partial charge >= 0.3 is 0 Å². The van der Waals surface area contributed by atoms with Crippen LogP contribution >= 0.6 is 0 Å². The van der Waals surface area contributed by atoms with E-state index in [2.05, 4.69) is 26.1 Å². The maximum absolute atomic E-state index is 12.4. The number of nitrogens with one attached hydrogen (secondary N) is 1. The van der Waals surface area contributed by atoms with Gasteiger partial charge in [0, 0.05) is 16.8 Å². The summed E-state index contributed by atoms with van der Waals surface area (Å²) in [6, 6.07) is 12.8. The van der Waals surface area contributed by atoms with E-state index in [1.165, 1.54) is 0 Å². The lowest BCUT2D eigenvalue weighted by Crippen LogP contribution is -2.19. The number of carbonyl (C=O) groups excluding carboxylic acids is 1. The average molecular weight is 283 g/mol. The fourth-order valence-corrected chi connectivity index (χ4v) is 2.31. The first-order valence-electron chi connectivity index (χ1n) is 7.00. The summed E-state index contributed by atoms with van der Waals surface area (Å²) < 4.78 is 0. The fourth-order valence-electron chi connectivity index (χ4n) is 2.31. The molecule has 0 aromatic heterocycles. The number of phenolic OH excluding ortho intramolecular Hbond substituents is 1. The number of anilines is 1. The van der Waals surface area contributed by atoms with Crippen LogP contribution in [0.5, 0.6) is 5.75 Å². The van der Waals surface area contributed by atoms with Crippen LogP contribution in [0, 0.1) is 6.92 Å². The standard InChI is InChI=1S/C18H21NO2/c1-12-13(8-7-11-16(12)20)17(21)19-15-10-6-5-9-14(15)18(2,3)4/h5-11,20H,1-4H3,(H,19,21). The van der Waals surface area contributed by atoms with Crippen LogP contribution < -0.4 is 5.32 Å². The van der Waals surface area contributed by atoms with Crippen LogP contribution in [0.4, 0.5) is 5.69 Å². The number of carbonyl (C=O) groups is 1. The predicted octanol–water partition coefficient (Wildman–Crippen LogP) is 4.25. The molecule has 3 nitrogen and oxygen atoms in total. The minimum atomic E-state index is -0.208. The van der Waals surface area contributed by atoms with Crippen molar-refractivity contribution >= 4 is 11.6 Å². The van der Waals surface area contributed by atoms with Gasteiger partial charge in [0.15, 0.2) is 0 Å². The molecule has 0 saturated heterocycles. The smallest absolute Gasteiger partial charge is 0.256 e. The molecule has 2 aromatic rings. The van der Waals surface area contributed by atoms with Gasteiger partial charge in [0.2, 0.25) is 0 Å². The number of amides is 1. The van der Waals surface area contributed by atoms with E-state index in [-0.39, 0.29) is 17.1 Å². The summed E-state index contributed by atoms with van der Waals surface area (Å²) in [4.78, 5) is 12.4. The quantitative estimate of drug-likeness (QED) is 0.865. The second-order valence-electron chi connectivity index (χ2n) is 6.20. The van der Waals surface area contributed by atoms with E-state index < -0.39 is 0 Å². The Kier molecular flexibility index (Phi) is 4.03. The molecule has 0 radical (unpaired) electrons. The number of benzene rings is 2. The number of aromatic hydroxyl groups is 1. The highest BCUT2D eigenvalue weighted by molar-refractivity contribution is 6.06. The first kappa shape index (κ1) is 15.1. The molecule has 110 valence electrons. The minimum absolute atomic E-state index is 0.0578. The van der Waals surface area contributed by atoms with Crippen LogP contribution in [0.1, 0.15) is 42.3 Å². The Labute approximate surface area is 125 Å². The number of rotatable bonds is 2. The van der Waals surface area contributed by atoms with Gasteiger partial charge in [0.25, 0.3) is 5.91 Å². The summed E-state index contributed by atoms with van der Waals surface area (Å²) >= 11 is 0. The van der Waals surface area contributed by atoms with Crippen molar-refractivity contribution in [3.63, 3.8) is 0 Å². The van der Waals surface area contributed by atoms with Gasteiger partial charge in [0.05, 0.1) is 0 Å². The molecule has 0 heterocycles. The molecule has 3 heteroatoms. The normalized spacial score (nSPS) is 11.2. The SMILES string of the molecule is Cc1c(O)cccc1C(=O)Nc1ccccc1C(C)(C)C. The van der Waals surface area contributed by atoms with Crippen LogP contribution in [0.3, 0.4) is 0 Å². The Balaban J connectivity index is 2.35. The molecule has 2 aromatic carbocycles. The largest absolute Gasteiger partial charge is 0.508 e. The minimum Gasteiger partial charge on any atom is -0.508 e. The highest BCUT2D eigenvalue weighted by Gasteiger charge is 2.19. The van der Waals surface area contributed by atoms with Gasteiger partial charge in [0.1, 0.15) is 5.75 Å². The summed E-state index contributed by atoms with van der Waals surface area (Å²) in [7, 11) is 0. The molecule has 0 spiro atoms. The molecule has 0 aliphatic heterocycles. The Morgan fingerprint density at radius 2 is 1.71 bits per heavy atom. The van der Waals surface area contributed by atoms with E-state index in [0.29, 0.717) is 11.1 Å². The molecule has 0 unspecified atom stereocenters. The maximum atomic E-state index is 12.4. The monoisotopic (exact) mass is 283 g/mol. The zero-order valence-electron chi connectivity index (χ0n) is 12.9. The molecule has 1 amide bonds. The lowest BCUT2D eigenvalue weighted by atomic mass is 9.86. The lowest BCUT2D eigenvalue weighted by Gasteiger charge is -2.23. The van der Waals surface area contributed by atoms with Gasteiger partial charge in [-0.25, -0.2) is 0 Å². The summed E-state index contributed by atoms with van der Waals surface area (Å²) in [5, 5.41) is 12.7. The molecular weight excluding hydrogens is 262 g/mol. The molecule has 0 bridgehead atoms. The van der Waals surface area contributed by atoms with Crippen LogP contribution in [0.2, 0.25) is 0 Å². The summed E-state index contributed by atoms with van der Waals surface area (Å²) in [5.41, 5.74) is 2.90. The van der Waals surface area contributed by atoms with Gasteiger partial charge in [-0.3, -0.25) is 4.79 Å². The van der Waals surface area contributed by atoms with E-state index in [9.17, 15) is 9.90 Å². The van der Waals surface area contributed by atoms with Gasteiger partial charge in [-0.1, -0.05) is 45.0 Å². The van der Waals surface area contributed by atoms with Crippen LogP contribution in [-0.2, 0) is 5.41 Å². The third-order valence-corrected chi connectivity index (χ3v) is 3.53. The van der Waals surface area contributed by atoms with Crippen molar-refractivity contribution in [2.24, 2.45) is 0 Å². The van der Waals surface area contributed by atoms with Gasteiger partial charge in [-0.05, 0) is 36.1 Å². The third-order valence-electron chi connectivity index (χ3n) is 3.53. The zero-order chi connectivity index (χ0) is 15.6. The predicted molar refractivity (Wildman–Crippen MR) is 85.9 cm³/mol. The molecule has 0 atom stereocenters. The second kappa shape index (κ2) is 5.60. The van der Waals surface area contributed by atoms with E-state index >= 15 is 0 Å². The molecule has 0 fully saturated rings. The molecular formula is C18H21NO2. The second-order valence-corrected chi connectivity index (χ2v) is 6.20. The highest BCUT2D eigenvalue weighted by atomic mass is 16.3. The van der Waals surface area contributed by atoms with Gasteiger partial charge in [-0.15, -0.1) is 0 Å². The Morgan fingerprint density at radius 1 is 1.05 bits per heavy atom. The first-order valence-corrected chi connectivity index (χ1v) is 7.00. The number of phenols is 1. The molecule has 0 aliphatic carbocycles. The number of hydrogen-bond donors (Lipinski definition) is 2. The summed E-state index contributed by atoms with van der Waals surface area (Å²) in [6.07, 6.45) is 0. The van der Waals surface area contributed by atoms with Crippen LogP contribution in [-0.4, -0.2) is 11.0 Å². The summed E-state index contributed by atoms with van der Waals surface area (Å²) in [5.74, 6) is -0.0770. The molecule has 0 saturated carbocycles. The van der Waals surface area contributed by atoms with Crippen LogP contribution in [0.15, 0.2) is 42.5 Å². The van der Waals surface area contributed by atoms with Crippen molar-refractivity contribution in [3.05, 3.63) is 59.2 Å².